The van der Waals surface area contributed by atoms with Gasteiger partial charge < -0.3 is 15.4 Å². The van der Waals surface area contributed by atoms with Crippen LogP contribution in [0.3, 0.4) is 0 Å². The van der Waals surface area contributed by atoms with Crippen molar-refractivity contribution in [2.75, 3.05) is 19.6 Å². The molecule has 2 N–H and O–H groups in total. The molecule has 1 spiro atoms. The van der Waals surface area contributed by atoms with Crippen LogP contribution in [0, 0.1) is 11.3 Å². The van der Waals surface area contributed by atoms with E-state index in [0.29, 0.717) is 11.3 Å². The zero-order chi connectivity index (χ0) is 15.3. The normalized spacial score (nSPS) is 38.1. The highest BCUT2D eigenvalue weighted by Gasteiger charge is 2.52. The van der Waals surface area contributed by atoms with E-state index in [1.807, 2.05) is 0 Å². The van der Waals surface area contributed by atoms with Crippen molar-refractivity contribution in [3.8, 4) is 0 Å². The van der Waals surface area contributed by atoms with Gasteiger partial charge in [-0.1, -0.05) is 12.8 Å². The van der Waals surface area contributed by atoms with Gasteiger partial charge in [0.1, 0.15) is 0 Å². The van der Waals surface area contributed by atoms with Crippen LogP contribution in [0.25, 0.3) is 0 Å². The van der Waals surface area contributed by atoms with Crippen LogP contribution >= 0.6 is 0 Å². The van der Waals surface area contributed by atoms with E-state index in [-0.39, 0.29) is 17.2 Å². The summed E-state index contributed by atoms with van der Waals surface area (Å²) in [6.07, 6.45) is 8.68. The van der Waals surface area contributed by atoms with E-state index in [9.17, 15) is 0 Å². The summed E-state index contributed by atoms with van der Waals surface area (Å²) >= 11 is 0. The van der Waals surface area contributed by atoms with Crippen molar-refractivity contribution in [3.05, 3.63) is 0 Å². The second-order valence-electron chi connectivity index (χ2n) is 8.95. The monoisotopic (exact) mass is 294 g/mol. The molecule has 3 aliphatic rings. The van der Waals surface area contributed by atoms with Crippen LogP contribution in [0.4, 0.5) is 0 Å². The molecular weight excluding hydrogens is 260 g/mol. The topological polar surface area (TPSA) is 38.5 Å². The molecule has 21 heavy (non-hydrogen) atoms. The van der Waals surface area contributed by atoms with Crippen molar-refractivity contribution >= 4 is 0 Å². The summed E-state index contributed by atoms with van der Waals surface area (Å²) in [6, 6.07) is 0.134. The number of piperidine rings is 1. The Hall–Kier alpha value is -0.120. The minimum absolute atomic E-state index is 0.106. The van der Waals surface area contributed by atoms with Gasteiger partial charge in [-0.3, -0.25) is 0 Å². The fraction of sp³-hybridized carbons (Fsp3) is 1.00. The molecule has 3 nitrogen and oxygen atoms in total. The lowest BCUT2D eigenvalue weighted by atomic mass is 9.76. The summed E-state index contributed by atoms with van der Waals surface area (Å²) in [6.45, 7) is 12.3. The number of likely N-dealkylation sites (tertiary alicyclic amines) is 1. The highest BCUT2D eigenvalue weighted by molar-refractivity contribution is 5.05. The lowest BCUT2D eigenvalue weighted by molar-refractivity contribution is -0.0793. The number of nitrogens with zero attached hydrogens (tertiary/aromatic N) is 1. The van der Waals surface area contributed by atoms with Crippen LogP contribution in [-0.2, 0) is 4.74 Å². The first-order valence-electron chi connectivity index (χ1n) is 8.92. The molecule has 2 unspecified atom stereocenters. The van der Waals surface area contributed by atoms with Crippen molar-refractivity contribution in [2.45, 2.75) is 83.5 Å². The minimum Gasteiger partial charge on any atom is -0.368 e. The van der Waals surface area contributed by atoms with Gasteiger partial charge in [-0.25, -0.2) is 0 Å². The summed E-state index contributed by atoms with van der Waals surface area (Å²) in [5.74, 6) is 0.435. The van der Waals surface area contributed by atoms with E-state index in [1.165, 1.54) is 51.6 Å². The number of hydrogen-bond donors (Lipinski definition) is 1. The summed E-state index contributed by atoms with van der Waals surface area (Å²) in [5.41, 5.74) is 6.92. The highest BCUT2D eigenvalue weighted by atomic mass is 16.5. The fourth-order valence-electron chi connectivity index (χ4n) is 5.19. The first kappa shape index (κ1) is 15.8. The van der Waals surface area contributed by atoms with Gasteiger partial charge >= 0.3 is 0 Å². The molecule has 3 heteroatoms. The average molecular weight is 294 g/mol. The summed E-state index contributed by atoms with van der Waals surface area (Å²) < 4.78 is 6.24. The second-order valence-corrected chi connectivity index (χ2v) is 8.95. The molecule has 2 saturated heterocycles. The Balaban J connectivity index is 1.60. The maximum atomic E-state index is 6.51. The smallest absolute Gasteiger partial charge is 0.0788 e. The Morgan fingerprint density at radius 2 is 1.52 bits per heavy atom. The molecule has 1 saturated carbocycles. The standard InChI is InChI=1S/C18H34N2O/c1-16(2)14(15(19)17(3,4)21-16)13-20-11-9-18(10-12-20)7-5-6-8-18/h14-15H,5-13,19H2,1-4H3. The van der Waals surface area contributed by atoms with E-state index in [1.54, 1.807) is 0 Å². The van der Waals surface area contributed by atoms with Crippen LogP contribution in [0.15, 0.2) is 0 Å². The quantitative estimate of drug-likeness (QED) is 0.850. The van der Waals surface area contributed by atoms with E-state index < -0.39 is 0 Å². The molecule has 2 heterocycles. The maximum absolute atomic E-state index is 6.51. The van der Waals surface area contributed by atoms with Crippen molar-refractivity contribution in [1.29, 1.82) is 0 Å². The summed E-state index contributed by atoms with van der Waals surface area (Å²) in [4.78, 5) is 2.65. The largest absolute Gasteiger partial charge is 0.368 e. The van der Waals surface area contributed by atoms with Gasteiger partial charge in [0.2, 0.25) is 0 Å². The van der Waals surface area contributed by atoms with Crippen LogP contribution in [0.5, 0.6) is 0 Å². The molecule has 0 bridgehead atoms. The molecule has 0 amide bonds. The lowest BCUT2D eigenvalue weighted by Crippen LogP contribution is -2.50. The Morgan fingerprint density at radius 1 is 0.952 bits per heavy atom. The van der Waals surface area contributed by atoms with E-state index in [2.05, 4.69) is 32.6 Å². The summed E-state index contributed by atoms with van der Waals surface area (Å²) in [5, 5.41) is 0. The zero-order valence-electron chi connectivity index (χ0n) is 14.5. The van der Waals surface area contributed by atoms with Crippen molar-refractivity contribution in [1.82, 2.24) is 4.90 Å². The van der Waals surface area contributed by atoms with Crippen molar-refractivity contribution < 1.29 is 4.74 Å². The average Bonchev–Trinajstić information content (AvgIpc) is 2.89. The van der Waals surface area contributed by atoms with Crippen molar-refractivity contribution in [3.63, 3.8) is 0 Å². The molecule has 1 aliphatic carbocycles. The third-order valence-electron chi connectivity index (χ3n) is 6.69. The molecule has 0 radical (unpaired) electrons. The Labute approximate surface area is 130 Å². The molecule has 2 atom stereocenters. The zero-order valence-corrected chi connectivity index (χ0v) is 14.5. The van der Waals surface area contributed by atoms with Crippen molar-refractivity contribution in [2.24, 2.45) is 17.1 Å². The first-order chi connectivity index (χ1) is 9.74. The Morgan fingerprint density at radius 3 is 2.00 bits per heavy atom. The Kier molecular flexibility index (Phi) is 3.91. The number of rotatable bonds is 2. The molecule has 3 rings (SSSR count). The second kappa shape index (κ2) is 5.21. The third-order valence-corrected chi connectivity index (χ3v) is 6.69. The Bertz CT molecular complexity index is 375. The molecular formula is C18H34N2O. The van der Waals surface area contributed by atoms with Gasteiger partial charge in [0.05, 0.1) is 11.2 Å². The maximum Gasteiger partial charge on any atom is 0.0788 e. The predicted octanol–water partition coefficient (Wildman–Crippen LogP) is 3.17. The summed E-state index contributed by atoms with van der Waals surface area (Å²) in [7, 11) is 0. The minimum atomic E-state index is -0.198. The first-order valence-corrected chi connectivity index (χ1v) is 8.92. The molecule has 0 aromatic carbocycles. The highest BCUT2D eigenvalue weighted by Crippen LogP contribution is 2.47. The molecule has 3 fully saturated rings. The molecule has 122 valence electrons. The van der Waals surface area contributed by atoms with Gasteiger partial charge in [0.25, 0.3) is 0 Å². The van der Waals surface area contributed by atoms with Crippen LogP contribution < -0.4 is 5.73 Å². The van der Waals surface area contributed by atoms with E-state index in [0.717, 1.165) is 6.54 Å². The van der Waals surface area contributed by atoms with Crippen LogP contribution in [-0.4, -0.2) is 41.8 Å². The van der Waals surface area contributed by atoms with Gasteiger partial charge in [-0.2, -0.15) is 0 Å². The number of nitrogens with two attached hydrogens (primary N) is 1. The number of ether oxygens (including phenoxy) is 1. The van der Waals surface area contributed by atoms with E-state index in [4.69, 9.17) is 10.5 Å². The van der Waals surface area contributed by atoms with Crippen LogP contribution in [0.1, 0.15) is 66.2 Å². The third kappa shape index (κ3) is 2.89. The predicted molar refractivity (Wildman–Crippen MR) is 87.3 cm³/mol. The molecule has 2 aliphatic heterocycles. The lowest BCUT2D eigenvalue weighted by Gasteiger charge is -2.42. The molecule has 0 aromatic rings. The molecule has 0 aromatic heterocycles. The van der Waals surface area contributed by atoms with Gasteiger partial charge in [-0.05, 0) is 71.9 Å². The van der Waals surface area contributed by atoms with Gasteiger partial charge in [0.15, 0.2) is 0 Å². The van der Waals surface area contributed by atoms with Gasteiger partial charge in [-0.15, -0.1) is 0 Å². The van der Waals surface area contributed by atoms with Crippen LogP contribution in [0.2, 0.25) is 0 Å². The van der Waals surface area contributed by atoms with Gasteiger partial charge in [0, 0.05) is 18.5 Å². The fourth-order valence-corrected chi connectivity index (χ4v) is 5.19. The SMILES string of the molecule is CC1(C)OC(C)(C)C(CN2CCC3(CCCC3)CC2)C1N. The van der Waals surface area contributed by atoms with E-state index >= 15 is 0 Å². The number of hydrogen-bond acceptors (Lipinski definition) is 3.